The number of likely N-dealkylation sites (N-methyl/N-ethyl adjacent to an activating group) is 1. The van der Waals surface area contributed by atoms with E-state index in [-0.39, 0.29) is 4.90 Å². The Labute approximate surface area is 130 Å². The number of hydrogen-bond acceptors (Lipinski definition) is 3. The standard InChI is InChI=1S/C15H17ClN2O2S/c1-12-6-7-14(11-15(12)16)21(19,20)18(2)10-8-13-5-3-4-9-17-13/h3-7,9,11H,8,10H2,1-2H3. The summed E-state index contributed by atoms with van der Waals surface area (Å²) in [4.78, 5) is 4.40. The highest BCUT2D eigenvalue weighted by Gasteiger charge is 2.21. The van der Waals surface area contributed by atoms with Crippen molar-refractivity contribution in [2.24, 2.45) is 0 Å². The summed E-state index contributed by atoms with van der Waals surface area (Å²) in [5, 5.41) is 0.453. The van der Waals surface area contributed by atoms with Crippen LogP contribution < -0.4 is 0 Å². The third kappa shape index (κ3) is 3.81. The molecule has 0 saturated heterocycles. The van der Waals surface area contributed by atoms with Crippen molar-refractivity contribution in [3.8, 4) is 0 Å². The molecule has 0 radical (unpaired) electrons. The van der Waals surface area contributed by atoms with Crippen LogP contribution >= 0.6 is 11.6 Å². The Balaban J connectivity index is 2.13. The first-order chi connectivity index (χ1) is 9.91. The maximum atomic E-state index is 12.5. The van der Waals surface area contributed by atoms with E-state index in [1.807, 2.05) is 25.1 Å². The fourth-order valence-electron chi connectivity index (χ4n) is 1.85. The van der Waals surface area contributed by atoms with Crippen molar-refractivity contribution < 1.29 is 8.42 Å². The van der Waals surface area contributed by atoms with Crippen LogP contribution in [0, 0.1) is 6.92 Å². The Morgan fingerprint density at radius 3 is 2.62 bits per heavy atom. The molecule has 2 aromatic rings. The fraction of sp³-hybridized carbons (Fsp3) is 0.267. The van der Waals surface area contributed by atoms with Gasteiger partial charge < -0.3 is 0 Å². The van der Waals surface area contributed by atoms with Crippen molar-refractivity contribution >= 4 is 21.6 Å². The second-order valence-electron chi connectivity index (χ2n) is 4.81. The highest BCUT2D eigenvalue weighted by atomic mass is 35.5. The lowest BCUT2D eigenvalue weighted by Crippen LogP contribution is -2.29. The van der Waals surface area contributed by atoms with Gasteiger partial charge in [0.1, 0.15) is 0 Å². The summed E-state index contributed by atoms with van der Waals surface area (Å²) in [6.45, 7) is 2.20. The average molecular weight is 325 g/mol. The maximum Gasteiger partial charge on any atom is 0.242 e. The number of pyridine rings is 1. The molecule has 0 unspecified atom stereocenters. The highest BCUT2D eigenvalue weighted by molar-refractivity contribution is 7.89. The van der Waals surface area contributed by atoms with Crippen LogP contribution in [0.2, 0.25) is 5.02 Å². The first-order valence-corrected chi connectivity index (χ1v) is 8.35. The number of sulfonamides is 1. The molecule has 4 nitrogen and oxygen atoms in total. The van der Waals surface area contributed by atoms with Gasteiger partial charge in [0.05, 0.1) is 4.90 Å². The summed E-state index contributed by atoms with van der Waals surface area (Å²) in [7, 11) is -1.97. The lowest BCUT2D eigenvalue weighted by molar-refractivity contribution is 0.471. The predicted molar refractivity (Wildman–Crippen MR) is 83.9 cm³/mol. The zero-order valence-electron chi connectivity index (χ0n) is 12.0. The van der Waals surface area contributed by atoms with Crippen LogP contribution in [0.4, 0.5) is 0 Å². The molecule has 0 atom stereocenters. The van der Waals surface area contributed by atoms with Crippen LogP contribution in [0.1, 0.15) is 11.3 Å². The third-order valence-electron chi connectivity index (χ3n) is 3.26. The maximum absolute atomic E-state index is 12.5. The molecule has 0 aliphatic rings. The van der Waals surface area contributed by atoms with Gasteiger partial charge in [0.25, 0.3) is 0 Å². The summed E-state index contributed by atoms with van der Waals surface area (Å²) >= 11 is 6.00. The lowest BCUT2D eigenvalue weighted by atomic mass is 10.2. The molecule has 0 aliphatic heterocycles. The summed E-state index contributed by atoms with van der Waals surface area (Å²) in [6.07, 6.45) is 2.26. The number of hydrogen-bond donors (Lipinski definition) is 0. The molecule has 2 rings (SSSR count). The van der Waals surface area contributed by atoms with Crippen LogP contribution in [0.5, 0.6) is 0 Å². The van der Waals surface area contributed by atoms with Crippen molar-refractivity contribution in [3.05, 3.63) is 58.9 Å². The number of aryl methyl sites for hydroxylation is 1. The van der Waals surface area contributed by atoms with Gasteiger partial charge in [-0.2, -0.15) is 0 Å². The Hall–Kier alpha value is -1.43. The molecule has 0 spiro atoms. The Bertz CT molecular complexity index is 718. The van der Waals surface area contributed by atoms with Crippen LogP contribution in [0.15, 0.2) is 47.5 Å². The number of benzene rings is 1. The Kier molecular flexibility index (Phi) is 4.98. The van der Waals surface area contributed by atoms with Crippen molar-refractivity contribution in [2.45, 2.75) is 18.2 Å². The van der Waals surface area contributed by atoms with E-state index in [0.717, 1.165) is 11.3 Å². The van der Waals surface area contributed by atoms with Crippen LogP contribution in [-0.4, -0.2) is 31.3 Å². The molecule has 0 saturated carbocycles. The van der Waals surface area contributed by atoms with Crippen molar-refractivity contribution in [2.75, 3.05) is 13.6 Å². The van der Waals surface area contributed by atoms with Gasteiger partial charge in [-0.3, -0.25) is 4.98 Å². The summed E-state index contributed by atoms with van der Waals surface area (Å²) in [6, 6.07) is 10.4. The van der Waals surface area contributed by atoms with Crippen molar-refractivity contribution in [3.63, 3.8) is 0 Å². The largest absolute Gasteiger partial charge is 0.261 e. The molecule has 6 heteroatoms. The van der Waals surface area contributed by atoms with Gasteiger partial charge in [0.15, 0.2) is 0 Å². The van der Waals surface area contributed by atoms with E-state index in [9.17, 15) is 8.42 Å². The molecule has 0 aliphatic carbocycles. The number of nitrogens with zero attached hydrogens (tertiary/aromatic N) is 2. The summed E-state index contributed by atoms with van der Waals surface area (Å²) in [5.41, 5.74) is 1.72. The fourth-order valence-corrected chi connectivity index (χ4v) is 3.30. The molecule has 0 N–H and O–H groups in total. The molecule has 112 valence electrons. The van der Waals surface area contributed by atoms with E-state index in [1.54, 1.807) is 25.4 Å². The Morgan fingerprint density at radius 1 is 1.24 bits per heavy atom. The first-order valence-electron chi connectivity index (χ1n) is 6.53. The van der Waals surface area contributed by atoms with Gasteiger partial charge in [0.2, 0.25) is 10.0 Å². The van der Waals surface area contributed by atoms with Crippen LogP contribution in [0.3, 0.4) is 0 Å². The smallest absolute Gasteiger partial charge is 0.242 e. The van der Waals surface area contributed by atoms with Crippen LogP contribution in [-0.2, 0) is 16.4 Å². The average Bonchev–Trinajstić information content (AvgIpc) is 2.48. The normalized spacial score (nSPS) is 11.8. The van der Waals surface area contributed by atoms with Gasteiger partial charge in [-0.15, -0.1) is 0 Å². The zero-order chi connectivity index (χ0) is 15.5. The third-order valence-corrected chi connectivity index (χ3v) is 5.52. The van der Waals surface area contributed by atoms with Crippen LogP contribution in [0.25, 0.3) is 0 Å². The van der Waals surface area contributed by atoms with E-state index in [0.29, 0.717) is 18.0 Å². The molecular weight excluding hydrogens is 308 g/mol. The van der Waals surface area contributed by atoms with Gasteiger partial charge in [-0.25, -0.2) is 12.7 Å². The second-order valence-corrected chi connectivity index (χ2v) is 7.26. The van der Waals surface area contributed by atoms with Gasteiger partial charge in [0, 0.05) is 36.9 Å². The minimum atomic E-state index is -3.53. The molecule has 21 heavy (non-hydrogen) atoms. The molecule has 1 aromatic heterocycles. The van der Waals surface area contributed by atoms with Crippen molar-refractivity contribution in [1.29, 1.82) is 0 Å². The topological polar surface area (TPSA) is 50.3 Å². The molecule has 1 aromatic carbocycles. The number of aromatic nitrogens is 1. The summed E-state index contributed by atoms with van der Waals surface area (Å²) in [5.74, 6) is 0. The second kappa shape index (κ2) is 6.56. The van der Waals surface area contributed by atoms with E-state index in [4.69, 9.17) is 11.6 Å². The van der Waals surface area contributed by atoms with Gasteiger partial charge in [-0.1, -0.05) is 23.7 Å². The Morgan fingerprint density at radius 2 is 2.00 bits per heavy atom. The van der Waals surface area contributed by atoms with E-state index in [2.05, 4.69) is 4.98 Å². The molecule has 0 bridgehead atoms. The van der Waals surface area contributed by atoms with E-state index in [1.165, 1.54) is 10.4 Å². The molecule has 1 heterocycles. The van der Waals surface area contributed by atoms with Gasteiger partial charge in [-0.05, 0) is 36.8 Å². The highest BCUT2D eigenvalue weighted by Crippen LogP contribution is 2.22. The molecular formula is C15H17ClN2O2S. The quantitative estimate of drug-likeness (QED) is 0.849. The minimum Gasteiger partial charge on any atom is -0.261 e. The number of halogens is 1. The van der Waals surface area contributed by atoms with E-state index < -0.39 is 10.0 Å². The van der Waals surface area contributed by atoms with Crippen molar-refractivity contribution in [1.82, 2.24) is 9.29 Å². The molecule has 0 fully saturated rings. The lowest BCUT2D eigenvalue weighted by Gasteiger charge is -2.17. The zero-order valence-corrected chi connectivity index (χ0v) is 13.5. The minimum absolute atomic E-state index is 0.210. The predicted octanol–water partition coefficient (Wildman–Crippen LogP) is 2.91. The molecule has 0 amide bonds. The number of rotatable bonds is 5. The summed E-state index contributed by atoms with van der Waals surface area (Å²) < 4.78 is 26.2. The first kappa shape index (κ1) is 15.9. The SMILES string of the molecule is Cc1ccc(S(=O)(=O)N(C)CCc2ccccn2)cc1Cl. The monoisotopic (exact) mass is 324 g/mol. The van der Waals surface area contributed by atoms with E-state index >= 15 is 0 Å². The van der Waals surface area contributed by atoms with Gasteiger partial charge >= 0.3 is 0 Å².